The summed E-state index contributed by atoms with van der Waals surface area (Å²) >= 11 is 3.42. The van der Waals surface area contributed by atoms with E-state index in [1.165, 1.54) is 0 Å². The van der Waals surface area contributed by atoms with Gasteiger partial charge < -0.3 is 10.7 Å². The van der Waals surface area contributed by atoms with Crippen molar-refractivity contribution in [3.8, 4) is 0 Å². The van der Waals surface area contributed by atoms with Crippen LogP contribution in [0.2, 0.25) is 0 Å². The van der Waals surface area contributed by atoms with Crippen molar-refractivity contribution in [2.24, 2.45) is 5.73 Å². The monoisotopic (exact) mass is 301 g/mol. The van der Waals surface area contributed by atoms with Crippen LogP contribution >= 0.6 is 15.9 Å². The van der Waals surface area contributed by atoms with Gasteiger partial charge in [0.1, 0.15) is 0 Å². The fraction of sp³-hybridized carbons (Fsp3) is 0.0714. The van der Waals surface area contributed by atoms with Gasteiger partial charge in [0.2, 0.25) is 0 Å². The van der Waals surface area contributed by atoms with E-state index >= 15 is 0 Å². The average molecular weight is 302 g/mol. The second-order valence-electron chi connectivity index (χ2n) is 4.20. The van der Waals surface area contributed by atoms with Gasteiger partial charge in [0, 0.05) is 34.0 Å². The van der Waals surface area contributed by atoms with Crippen LogP contribution in [0.5, 0.6) is 0 Å². The van der Waals surface area contributed by atoms with Crippen molar-refractivity contribution in [2.75, 3.05) is 0 Å². The van der Waals surface area contributed by atoms with Crippen molar-refractivity contribution in [1.82, 2.24) is 9.97 Å². The Labute approximate surface area is 113 Å². The predicted octanol–water partition coefficient (Wildman–Crippen LogP) is 3.37. The van der Waals surface area contributed by atoms with Crippen molar-refractivity contribution in [3.63, 3.8) is 0 Å². The molecule has 0 fully saturated rings. The number of pyridine rings is 1. The highest BCUT2D eigenvalue weighted by atomic mass is 79.9. The first kappa shape index (κ1) is 11.4. The Morgan fingerprint density at radius 2 is 2.06 bits per heavy atom. The fourth-order valence-electron chi connectivity index (χ4n) is 2.13. The van der Waals surface area contributed by atoms with Crippen LogP contribution in [0.1, 0.15) is 17.2 Å². The summed E-state index contributed by atoms with van der Waals surface area (Å²) in [6, 6.07) is 9.97. The van der Waals surface area contributed by atoms with Gasteiger partial charge in [-0.15, -0.1) is 0 Å². The normalized spacial score (nSPS) is 12.8. The molecule has 0 aliphatic rings. The molecule has 2 aromatic heterocycles. The zero-order chi connectivity index (χ0) is 12.5. The number of aromatic nitrogens is 2. The molecule has 90 valence electrons. The maximum Gasteiger partial charge on any atom is 0.0588 e. The molecule has 1 unspecified atom stereocenters. The van der Waals surface area contributed by atoms with E-state index in [1.54, 1.807) is 12.4 Å². The Morgan fingerprint density at radius 1 is 1.22 bits per heavy atom. The molecule has 0 saturated heterocycles. The predicted molar refractivity (Wildman–Crippen MR) is 76.3 cm³/mol. The molecule has 0 radical (unpaired) electrons. The minimum atomic E-state index is -0.175. The topological polar surface area (TPSA) is 54.7 Å². The van der Waals surface area contributed by atoms with Crippen molar-refractivity contribution < 1.29 is 0 Å². The van der Waals surface area contributed by atoms with Crippen LogP contribution < -0.4 is 5.73 Å². The van der Waals surface area contributed by atoms with Gasteiger partial charge in [-0.1, -0.05) is 18.2 Å². The van der Waals surface area contributed by atoms with Gasteiger partial charge in [0.25, 0.3) is 0 Å². The van der Waals surface area contributed by atoms with Crippen LogP contribution in [0, 0.1) is 0 Å². The summed E-state index contributed by atoms with van der Waals surface area (Å²) in [5.74, 6) is 0. The number of hydrogen-bond acceptors (Lipinski definition) is 2. The summed E-state index contributed by atoms with van der Waals surface area (Å²) in [6.07, 6.45) is 5.53. The Bertz CT molecular complexity index is 690. The molecule has 0 amide bonds. The highest BCUT2D eigenvalue weighted by Crippen LogP contribution is 2.27. The van der Waals surface area contributed by atoms with Gasteiger partial charge in [-0.05, 0) is 39.2 Å². The molecule has 3 N–H and O–H groups in total. The van der Waals surface area contributed by atoms with Crippen molar-refractivity contribution >= 4 is 26.8 Å². The number of halogens is 1. The van der Waals surface area contributed by atoms with E-state index in [1.807, 2.05) is 30.5 Å². The zero-order valence-electron chi connectivity index (χ0n) is 9.60. The summed E-state index contributed by atoms with van der Waals surface area (Å²) < 4.78 is 0.940. The van der Waals surface area contributed by atoms with Crippen LogP contribution in [-0.4, -0.2) is 9.97 Å². The van der Waals surface area contributed by atoms with Gasteiger partial charge in [-0.3, -0.25) is 4.98 Å². The quantitative estimate of drug-likeness (QED) is 0.762. The Hall–Kier alpha value is -1.65. The van der Waals surface area contributed by atoms with E-state index in [2.05, 4.69) is 32.0 Å². The highest BCUT2D eigenvalue weighted by molar-refractivity contribution is 9.10. The lowest BCUT2D eigenvalue weighted by Crippen LogP contribution is -2.11. The molecular weight excluding hydrogens is 290 g/mol. The van der Waals surface area contributed by atoms with E-state index in [9.17, 15) is 0 Å². The maximum absolute atomic E-state index is 6.31. The SMILES string of the molecule is NC(c1cncc(Br)c1)c1c[nH]c2ccccc12. The first-order valence-electron chi connectivity index (χ1n) is 5.68. The first-order valence-corrected chi connectivity index (χ1v) is 6.47. The molecule has 1 atom stereocenters. The number of hydrogen-bond donors (Lipinski definition) is 2. The summed E-state index contributed by atoms with van der Waals surface area (Å²) in [5, 5.41) is 1.16. The number of benzene rings is 1. The molecule has 0 saturated carbocycles. The molecule has 3 nitrogen and oxygen atoms in total. The highest BCUT2D eigenvalue weighted by Gasteiger charge is 2.13. The smallest absolute Gasteiger partial charge is 0.0588 e. The molecule has 2 heterocycles. The largest absolute Gasteiger partial charge is 0.361 e. The van der Waals surface area contributed by atoms with Crippen molar-refractivity contribution in [1.29, 1.82) is 0 Å². The fourth-order valence-corrected chi connectivity index (χ4v) is 2.51. The molecule has 18 heavy (non-hydrogen) atoms. The molecule has 4 heteroatoms. The molecule has 3 aromatic rings. The Morgan fingerprint density at radius 3 is 2.89 bits per heavy atom. The van der Waals surface area contributed by atoms with Crippen LogP contribution in [-0.2, 0) is 0 Å². The number of nitrogens with one attached hydrogen (secondary N) is 1. The number of fused-ring (bicyclic) bond motifs is 1. The van der Waals surface area contributed by atoms with E-state index in [4.69, 9.17) is 5.73 Å². The van der Waals surface area contributed by atoms with Gasteiger partial charge in [0.15, 0.2) is 0 Å². The molecule has 3 rings (SSSR count). The lowest BCUT2D eigenvalue weighted by atomic mass is 10.0. The standard InChI is InChI=1S/C14H12BrN3/c15-10-5-9(6-17-7-10)14(16)12-8-18-13-4-2-1-3-11(12)13/h1-8,14,18H,16H2. The van der Waals surface area contributed by atoms with E-state index in [0.29, 0.717) is 0 Å². The van der Waals surface area contributed by atoms with E-state index in [0.717, 1.165) is 26.5 Å². The van der Waals surface area contributed by atoms with Crippen molar-refractivity contribution in [3.05, 3.63) is 64.5 Å². The molecule has 0 bridgehead atoms. The number of aromatic amines is 1. The summed E-state index contributed by atoms with van der Waals surface area (Å²) in [5.41, 5.74) is 9.50. The lowest BCUT2D eigenvalue weighted by Gasteiger charge is -2.11. The van der Waals surface area contributed by atoms with Gasteiger partial charge in [-0.25, -0.2) is 0 Å². The van der Waals surface area contributed by atoms with Crippen LogP contribution in [0.15, 0.2) is 53.4 Å². The van der Waals surface area contributed by atoms with Crippen LogP contribution in [0.4, 0.5) is 0 Å². The lowest BCUT2D eigenvalue weighted by molar-refractivity contribution is 0.870. The molecular formula is C14H12BrN3. The Balaban J connectivity index is 2.09. The van der Waals surface area contributed by atoms with Gasteiger partial charge >= 0.3 is 0 Å². The van der Waals surface area contributed by atoms with Gasteiger partial charge in [0.05, 0.1) is 6.04 Å². The third kappa shape index (κ3) is 1.94. The van der Waals surface area contributed by atoms with Crippen LogP contribution in [0.3, 0.4) is 0 Å². The summed E-state index contributed by atoms with van der Waals surface area (Å²) in [7, 11) is 0. The second-order valence-corrected chi connectivity index (χ2v) is 5.12. The molecule has 1 aromatic carbocycles. The summed E-state index contributed by atoms with van der Waals surface area (Å²) in [6.45, 7) is 0. The second kappa shape index (κ2) is 4.55. The number of H-pyrrole nitrogens is 1. The van der Waals surface area contributed by atoms with Gasteiger partial charge in [-0.2, -0.15) is 0 Å². The first-order chi connectivity index (χ1) is 8.75. The van der Waals surface area contributed by atoms with E-state index < -0.39 is 0 Å². The minimum absolute atomic E-state index is 0.175. The maximum atomic E-state index is 6.31. The zero-order valence-corrected chi connectivity index (χ0v) is 11.2. The molecule has 0 spiro atoms. The third-order valence-electron chi connectivity index (χ3n) is 3.04. The van der Waals surface area contributed by atoms with Crippen LogP contribution in [0.25, 0.3) is 10.9 Å². The molecule has 0 aliphatic carbocycles. The minimum Gasteiger partial charge on any atom is -0.361 e. The number of nitrogens with two attached hydrogens (primary N) is 1. The average Bonchev–Trinajstić information content (AvgIpc) is 2.82. The number of para-hydroxylation sites is 1. The van der Waals surface area contributed by atoms with E-state index in [-0.39, 0.29) is 6.04 Å². The number of nitrogens with zero attached hydrogens (tertiary/aromatic N) is 1. The number of rotatable bonds is 2. The van der Waals surface area contributed by atoms with Crippen molar-refractivity contribution in [2.45, 2.75) is 6.04 Å². The summed E-state index contributed by atoms with van der Waals surface area (Å²) in [4.78, 5) is 7.40. The third-order valence-corrected chi connectivity index (χ3v) is 3.48. The molecule has 0 aliphatic heterocycles. The Kier molecular flexibility index (Phi) is 2.89.